The van der Waals surface area contributed by atoms with Crippen LogP contribution in [0.15, 0.2) is 42.5 Å². The molecule has 4 heteroatoms. The lowest BCUT2D eigenvalue weighted by Gasteiger charge is -2.37. The van der Waals surface area contributed by atoms with Crippen molar-refractivity contribution in [2.24, 2.45) is 0 Å². The number of benzene rings is 2. The molecule has 2 aromatic rings. The molecule has 0 atom stereocenters. The summed E-state index contributed by atoms with van der Waals surface area (Å²) in [6.07, 6.45) is 0. The lowest BCUT2D eigenvalue weighted by molar-refractivity contribution is 0.598. The van der Waals surface area contributed by atoms with E-state index in [0.29, 0.717) is 11.4 Å². The van der Waals surface area contributed by atoms with Gasteiger partial charge >= 0.3 is 0 Å². The van der Waals surface area contributed by atoms with Crippen LogP contribution in [0.4, 0.5) is 21.5 Å². The molecule has 1 fully saturated rings. The Labute approximate surface area is 124 Å². The topological polar surface area (TPSA) is 32.5 Å². The van der Waals surface area contributed by atoms with Crippen molar-refractivity contribution in [1.82, 2.24) is 0 Å². The summed E-state index contributed by atoms with van der Waals surface area (Å²) in [5.41, 5.74) is 9.22. The highest BCUT2D eigenvalue weighted by atomic mass is 19.1. The van der Waals surface area contributed by atoms with E-state index in [1.807, 2.05) is 0 Å². The molecule has 0 bridgehead atoms. The largest absolute Gasteiger partial charge is 0.399 e. The summed E-state index contributed by atoms with van der Waals surface area (Å²) in [6.45, 7) is 5.52. The number of nitrogen functional groups attached to an aromatic ring is 1. The first-order chi connectivity index (χ1) is 10.1. The molecule has 1 aliphatic rings. The fourth-order valence-corrected chi connectivity index (χ4v) is 2.81. The third kappa shape index (κ3) is 2.94. The Morgan fingerprint density at radius 3 is 2.33 bits per heavy atom. The first kappa shape index (κ1) is 13.7. The van der Waals surface area contributed by atoms with Crippen LogP contribution in [0.2, 0.25) is 0 Å². The third-order valence-corrected chi connectivity index (χ3v) is 3.96. The van der Waals surface area contributed by atoms with E-state index in [9.17, 15) is 4.39 Å². The Morgan fingerprint density at radius 2 is 1.67 bits per heavy atom. The molecule has 0 aromatic heterocycles. The standard InChI is InChI=1S/C17H20FN3/c1-13-3-2-4-15(11-13)20-7-9-21(10-8-20)17-6-5-14(19)12-16(17)18/h2-6,11-12H,7-10,19H2,1H3. The summed E-state index contributed by atoms with van der Waals surface area (Å²) in [5.74, 6) is -0.237. The molecule has 0 aliphatic carbocycles. The number of halogens is 1. The van der Waals surface area contributed by atoms with Crippen molar-refractivity contribution in [3.8, 4) is 0 Å². The zero-order valence-electron chi connectivity index (χ0n) is 12.2. The molecule has 110 valence electrons. The molecule has 1 saturated heterocycles. The van der Waals surface area contributed by atoms with Crippen molar-refractivity contribution in [3.63, 3.8) is 0 Å². The molecular weight excluding hydrogens is 265 g/mol. The predicted octanol–water partition coefficient (Wildman–Crippen LogP) is 3.04. The Bertz CT molecular complexity index is 634. The van der Waals surface area contributed by atoms with Gasteiger partial charge in [0.15, 0.2) is 0 Å². The second kappa shape index (κ2) is 5.64. The number of hydrogen-bond acceptors (Lipinski definition) is 3. The van der Waals surface area contributed by atoms with Gasteiger partial charge in [0.25, 0.3) is 0 Å². The van der Waals surface area contributed by atoms with Crippen LogP contribution in [0, 0.1) is 12.7 Å². The van der Waals surface area contributed by atoms with E-state index < -0.39 is 0 Å². The second-order valence-corrected chi connectivity index (χ2v) is 5.52. The van der Waals surface area contributed by atoms with Crippen LogP contribution in [0.25, 0.3) is 0 Å². The maximum absolute atomic E-state index is 14.0. The van der Waals surface area contributed by atoms with E-state index >= 15 is 0 Å². The van der Waals surface area contributed by atoms with Crippen LogP contribution in [0.3, 0.4) is 0 Å². The Morgan fingerprint density at radius 1 is 0.952 bits per heavy atom. The van der Waals surface area contributed by atoms with Crippen molar-refractivity contribution in [2.45, 2.75) is 6.92 Å². The lowest BCUT2D eigenvalue weighted by Crippen LogP contribution is -2.46. The molecule has 3 rings (SSSR count). The van der Waals surface area contributed by atoms with Crippen molar-refractivity contribution >= 4 is 17.1 Å². The molecule has 2 N–H and O–H groups in total. The number of hydrogen-bond donors (Lipinski definition) is 1. The average molecular weight is 285 g/mol. The zero-order valence-corrected chi connectivity index (χ0v) is 12.2. The molecule has 0 unspecified atom stereocenters. The van der Waals surface area contributed by atoms with Gasteiger partial charge in [0.1, 0.15) is 5.82 Å². The van der Waals surface area contributed by atoms with Gasteiger partial charge in [-0.15, -0.1) is 0 Å². The molecule has 0 spiro atoms. The fourth-order valence-electron chi connectivity index (χ4n) is 2.81. The summed E-state index contributed by atoms with van der Waals surface area (Å²) in [4.78, 5) is 4.43. The number of aryl methyl sites for hydroxylation is 1. The van der Waals surface area contributed by atoms with E-state index in [1.54, 1.807) is 12.1 Å². The van der Waals surface area contributed by atoms with Crippen molar-refractivity contribution in [3.05, 3.63) is 53.8 Å². The molecule has 0 saturated carbocycles. The summed E-state index contributed by atoms with van der Waals surface area (Å²) in [7, 11) is 0. The number of piperazine rings is 1. The Hall–Kier alpha value is -2.23. The van der Waals surface area contributed by atoms with E-state index in [0.717, 1.165) is 26.2 Å². The van der Waals surface area contributed by atoms with E-state index in [1.165, 1.54) is 17.3 Å². The summed E-state index contributed by atoms with van der Waals surface area (Å²) < 4.78 is 14.0. The van der Waals surface area contributed by atoms with Crippen LogP contribution in [0.1, 0.15) is 5.56 Å². The number of anilines is 3. The zero-order chi connectivity index (χ0) is 14.8. The molecule has 2 aromatic carbocycles. The quantitative estimate of drug-likeness (QED) is 0.861. The maximum atomic E-state index is 14.0. The highest BCUT2D eigenvalue weighted by Crippen LogP contribution is 2.24. The third-order valence-electron chi connectivity index (χ3n) is 3.96. The van der Waals surface area contributed by atoms with Crippen LogP contribution < -0.4 is 15.5 Å². The van der Waals surface area contributed by atoms with Gasteiger partial charge in [-0.25, -0.2) is 4.39 Å². The highest BCUT2D eigenvalue weighted by Gasteiger charge is 2.19. The van der Waals surface area contributed by atoms with Crippen LogP contribution in [-0.2, 0) is 0 Å². The molecule has 1 heterocycles. The average Bonchev–Trinajstić information content (AvgIpc) is 2.47. The Kier molecular flexibility index (Phi) is 3.69. The molecule has 0 radical (unpaired) electrons. The lowest BCUT2D eigenvalue weighted by atomic mass is 10.1. The molecule has 1 aliphatic heterocycles. The normalized spacial score (nSPS) is 15.3. The van der Waals surface area contributed by atoms with E-state index in [4.69, 9.17) is 5.73 Å². The fraction of sp³-hybridized carbons (Fsp3) is 0.294. The second-order valence-electron chi connectivity index (χ2n) is 5.52. The molecule has 21 heavy (non-hydrogen) atoms. The van der Waals surface area contributed by atoms with Crippen molar-refractivity contribution in [2.75, 3.05) is 41.7 Å². The highest BCUT2D eigenvalue weighted by molar-refractivity contribution is 5.56. The summed E-state index contributed by atoms with van der Waals surface area (Å²) >= 11 is 0. The van der Waals surface area contributed by atoms with Crippen molar-refractivity contribution in [1.29, 1.82) is 0 Å². The van der Waals surface area contributed by atoms with Gasteiger partial charge in [-0.1, -0.05) is 12.1 Å². The smallest absolute Gasteiger partial charge is 0.148 e. The first-order valence-corrected chi connectivity index (χ1v) is 7.25. The predicted molar refractivity (Wildman–Crippen MR) is 86.4 cm³/mol. The van der Waals surface area contributed by atoms with Gasteiger partial charge in [0.05, 0.1) is 5.69 Å². The summed E-state index contributed by atoms with van der Waals surface area (Å²) in [6, 6.07) is 13.4. The van der Waals surface area contributed by atoms with Gasteiger partial charge in [0.2, 0.25) is 0 Å². The SMILES string of the molecule is Cc1cccc(N2CCN(c3ccc(N)cc3F)CC2)c1. The minimum atomic E-state index is -0.237. The van der Waals surface area contributed by atoms with Gasteiger partial charge in [-0.2, -0.15) is 0 Å². The van der Waals surface area contributed by atoms with Gasteiger partial charge < -0.3 is 15.5 Å². The van der Waals surface area contributed by atoms with Crippen LogP contribution >= 0.6 is 0 Å². The first-order valence-electron chi connectivity index (χ1n) is 7.25. The minimum absolute atomic E-state index is 0.237. The summed E-state index contributed by atoms with van der Waals surface area (Å²) in [5, 5.41) is 0. The van der Waals surface area contributed by atoms with Crippen LogP contribution in [0.5, 0.6) is 0 Å². The maximum Gasteiger partial charge on any atom is 0.148 e. The van der Waals surface area contributed by atoms with E-state index in [-0.39, 0.29) is 5.82 Å². The van der Waals surface area contributed by atoms with Crippen LogP contribution in [-0.4, -0.2) is 26.2 Å². The minimum Gasteiger partial charge on any atom is -0.399 e. The van der Waals surface area contributed by atoms with Gasteiger partial charge in [-0.05, 0) is 42.8 Å². The molecular formula is C17H20FN3. The monoisotopic (exact) mass is 285 g/mol. The number of nitrogens with zero attached hydrogens (tertiary/aromatic N) is 2. The number of nitrogens with two attached hydrogens (primary N) is 1. The molecule has 3 nitrogen and oxygen atoms in total. The Balaban J connectivity index is 1.70. The van der Waals surface area contributed by atoms with Crippen molar-refractivity contribution < 1.29 is 4.39 Å². The number of rotatable bonds is 2. The van der Waals surface area contributed by atoms with E-state index in [2.05, 4.69) is 41.0 Å². The van der Waals surface area contributed by atoms with Gasteiger partial charge in [-0.3, -0.25) is 0 Å². The molecule has 0 amide bonds. The van der Waals surface area contributed by atoms with Gasteiger partial charge in [0, 0.05) is 37.6 Å².